The molecule has 2 aromatic rings. The fraction of sp³-hybridized carbons (Fsp3) is 0.414. The minimum atomic E-state index is -2.05. The van der Waals surface area contributed by atoms with Crippen LogP contribution in [-0.4, -0.2) is 26.9 Å². The molecule has 0 bridgehead atoms. The zero-order valence-electron chi connectivity index (χ0n) is 22.6. The van der Waals surface area contributed by atoms with Crippen LogP contribution in [0.5, 0.6) is 5.75 Å². The highest BCUT2D eigenvalue weighted by Gasteiger charge is 2.48. The lowest BCUT2D eigenvalue weighted by Gasteiger charge is -2.44. The molecular weight excluding hydrogens is 466 g/mol. The molecule has 2 aromatic carbocycles. The van der Waals surface area contributed by atoms with Crippen molar-refractivity contribution in [3.63, 3.8) is 0 Å². The van der Waals surface area contributed by atoms with E-state index in [9.17, 15) is 15.3 Å². The van der Waals surface area contributed by atoms with Gasteiger partial charge in [0.1, 0.15) is 17.3 Å². The van der Waals surface area contributed by atoms with Crippen molar-refractivity contribution in [1.29, 1.82) is 10.5 Å². The third-order valence-electron chi connectivity index (χ3n) is 6.20. The van der Waals surface area contributed by atoms with Crippen molar-refractivity contribution in [2.24, 2.45) is 5.92 Å². The van der Waals surface area contributed by atoms with E-state index in [2.05, 4.69) is 31.8 Å². The summed E-state index contributed by atoms with van der Waals surface area (Å²) in [5.74, 6) is -0.202. The molecule has 36 heavy (non-hydrogen) atoms. The second-order valence-corrected chi connectivity index (χ2v) is 16.4. The molecular formula is C29H37N3O3Si. The van der Waals surface area contributed by atoms with Gasteiger partial charge in [-0.2, -0.15) is 10.5 Å². The van der Waals surface area contributed by atoms with Crippen LogP contribution in [-0.2, 0) is 10.2 Å². The van der Waals surface area contributed by atoms with E-state index in [1.165, 1.54) is 4.90 Å². The highest BCUT2D eigenvalue weighted by molar-refractivity contribution is 6.78. The Labute approximate surface area is 216 Å². The van der Waals surface area contributed by atoms with Gasteiger partial charge in [-0.3, -0.25) is 4.90 Å². The van der Waals surface area contributed by atoms with Crippen molar-refractivity contribution < 1.29 is 14.3 Å². The van der Waals surface area contributed by atoms with Crippen molar-refractivity contribution in [1.82, 2.24) is 0 Å². The molecule has 2 rings (SSSR count). The van der Waals surface area contributed by atoms with Crippen LogP contribution in [0.25, 0.3) is 0 Å². The molecule has 190 valence electrons. The first-order chi connectivity index (χ1) is 16.8. The number of methoxy groups -OCH3 is 1. The van der Waals surface area contributed by atoms with Crippen molar-refractivity contribution in [3.05, 3.63) is 72.4 Å². The second-order valence-electron chi connectivity index (χ2n) is 11.1. The molecule has 7 heteroatoms. The zero-order chi connectivity index (χ0) is 27.1. The monoisotopic (exact) mass is 503 g/mol. The molecule has 6 nitrogen and oxygen atoms in total. The number of carbonyl (C=O) groups is 1. The largest absolute Gasteiger partial charge is 0.497 e. The molecule has 0 radical (unpaired) electrons. The molecule has 0 saturated heterocycles. The summed E-state index contributed by atoms with van der Waals surface area (Å²) < 4.78 is 11.0. The molecule has 0 aliphatic carbocycles. The van der Waals surface area contributed by atoms with E-state index in [0.717, 1.165) is 5.56 Å². The maximum Gasteiger partial charge on any atom is 0.418 e. The standard InChI is InChI=1S/C29H37N3O3Si/c1-28(2,3)35-27(33)32(24-14-16-25(34-5)17-15-24)19-18-26(36(6,7)8)29(4,23(20-30)21-31)22-12-10-9-11-13-22/h9-19,23,26H,1-8H3/b19-18+/t26-,29-/m1/s1. The van der Waals surface area contributed by atoms with Gasteiger partial charge in [-0.15, -0.1) is 0 Å². The molecule has 0 aliphatic heterocycles. The Morgan fingerprint density at radius 2 is 1.53 bits per heavy atom. The number of nitriles is 2. The van der Waals surface area contributed by atoms with Gasteiger partial charge in [-0.25, -0.2) is 4.79 Å². The highest BCUT2D eigenvalue weighted by atomic mass is 28.3. The molecule has 0 N–H and O–H groups in total. The Morgan fingerprint density at radius 3 is 1.97 bits per heavy atom. The average molecular weight is 504 g/mol. The summed E-state index contributed by atoms with van der Waals surface area (Å²) in [6.07, 6.45) is 3.19. The number of hydrogen-bond acceptors (Lipinski definition) is 5. The van der Waals surface area contributed by atoms with Crippen molar-refractivity contribution in [2.75, 3.05) is 12.0 Å². The summed E-state index contributed by atoms with van der Waals surface area (Å²) in [6, 6.07) is 21.3. The van der Waals surface area contributed by atoms with Crippen LogP contribution >= 0.6 is 0 Å². The minimum absolute atomic E-state index is 0.153. The van der Waals surface area contributed by atoms with E-state index >= 15 is 0 Å². The van der Waals surface area contributed by atoms with Gasteiger partial charge in [0.15, 0.2) is 0 Å². The average Bonchev–Trinajstić information content (AvgIpc) is 2.81. The summed E-state index contributed by atoms with van der Waals surface area (Å²) in [4.78, 5) is 14.7. The molecule has 2 atom stereocenters. The van der Waals surface area contributed by atoms with Crippen LogP contribution in [0.3, 0.4) is 0 Å². The van der Waals surface area contributed by atoms with E-state index in [-0.39, 0.29) is 5.54 Å². The second kappa shape index (κ2) is 11.5. The smallest absolute Gasteiger partial charge is 0.418 e. The summed E-state index contributed by atoms with van der Waals surface area (Å²) in [5, 5.41) is 20.0. The Balaban J connectivity index is 2.68. The van der Waals surface area contributed by atoms with E-state index < -0.39 is 31.1 Å². The molecule has 0 fully saturated rings. The van der Waals surface area contributed by atoms with Crippen LogP contribution in [0.15, 0.2) is 66.9 Å². The lowest BCUT2D eigenvalue weighted by atomic mass is 9.70. The fourth-order valence-corrected chi connectivity index (χ4v) is 7.28. The first-order valence-electron chi connectivity index (χ1n) is 12.0. The SMILES string of the molecule is COc1ccc(N(/C=C/[C@H]([C@](C)(c2ccccc2)C(C#N)C#N)[Si](C)(C)C)C(=O)OC(C)(C)C)cc1. The molecule has 0 aromatic heterocycles. The summed E-state index contributed by atoms with van der Waals surface area (Å²) in [5.41, 5.74) is -0.0814. The predicted molar refractivity (Wildman–Crippen MR) is 146 cm³/mol. The van der Waals surface area contributed by atoms with Crippen LogP contribution in [0, 0.1) is 28.6 Å². The topological polar surface area (TPSA) is 86.4 Å². The summed E-state index contributed by atoms with van der Waals surface area (Å²) in [6.45, 7) is 14.1. The third kappa shape index (κ3) is 6.77. The Hall–Kier alpha value is -3.55. The van der Waals surface area contributed by atoms with Gasteiger partial charge in [0, 0.05) is 11.6 Å². The number of amides is 1. The van der Waals surface area contributed by atoms with E-state index in [1.807, 2.05) is 64.1 Å². The number of anilines is 1. The lowest BCUT2D eigenvalue weighted by Crippen LogP contribution is -2.45. The molecule has 0 spiro atoms. The first-order valence-corrected chi connectivity index (χ1v) is 15.5. The van der Waals surface area contributed by atoms with Gasteiger partial charge < -0.3 is 9.47 Å². The summed E-state index contributed by atoms with van der Waals surface area (Å²) >= 11 is 0. The van der Waals surface area contributed by atoms with Gasteiger partial charge in [0.2, 0.25) is 0 Å². The number of nitrogens with zero attached hydrogens (tertiary/aromatic N) is 3. The molecule has 0 unspecified atom stereocenters. The minimum Gasteiger partial charge on any atom is -0.497 e. The number of allylic oxidation sites excluding steroid dienone is 1. The number of ether oxygens (including phenoxy) is 2. The quantitative estimate of drug-likeness (QED) is 0.353. The predicted octanol–water partition coefficient (Wildman–Crippen LogP) is 7.28. The third-order valence-corrected chi connectivity index (χ3v) is 8.86. The normalized spacial score (nSPS) is 14.4. The van der Waals surface area contributed by atoms with Crippen LogP contribution in [0.2, 0.25) is 25.2 Å². The van der Waals surface area contributed by atoms with Gasteiger partial charge >= 0.3 is 6.09 Å². The lowest BCUT2D eigenvalue weighted by molar-refractivity contribution is 0.0596. The van der Waals surface area contributed by atoms with Crippen molar-refractivity contribution >= 4 is 19.9 Å². The maximum atomic E-state index is 13.3. The highest BCUT2D eigenvalue weighted by Crippen LogP contribution is 2.48. The number of carbonyl (C=O) groups excluding carboxylic acids is 1. The fourth-order valence-electron chi connectivity index (χ4n) is 4.49. The Kier molecular flexibility index (Phi) is 9.13. The van der Waals surface area contributed by atoms with Gasteiger partial charge in [-0.1, -0.05) is 63.0 Å². The summed E-state index contributed by atoms with van der Waals surface area (Å²) in [7, 11) is -0.464. The number of benzene rings is 2. The van der Waals surface area contributed by atoms with Crippen LogP contribution in [0.1, 0.15) is 33.3 Å². The van der Waals surface area contributed by atoms with Crippen LogP contribution in [0.4, 0.5) is 10.5 Å². The van der Waals surface area contributed by atoms with E-state index in [1.54, 1.807) is 37.6 Å². The first kappa shape index (κ1) is 28.7. The number of rotatable bonds is 8. The maximum absolute atomic E-state index is 13.3. The molecule has 0 heterocycles. The molecule has 0 saturated carbocycles. The van der Waals surface area contributed by atoms with Crippen molar-refractivity contribution in [3.8, 4) is 17.9 Å². The molecule has 0 aliphatic rings. The van der Waals surface area contributed by atoms with Crippen molar-refractivity contribution in [2.45, 2.75) is 63.9 Å². The molecule has 1 amide bonds. The Bertz CT molecular complexity index is 1120. The van der Waals surface area contributed by atoms with E-state index in [4.69, 9.17) is 9.47 Å². The van der Waals surface area contributed by atoms with E-state index in [0.29, 0.717) is 11.4 Å². The van der Waals surface area contributed by atoms with Gasteiger partial charge in [0.05, 0.1) is 33.0 Å². The van der Waals surface area contributed by atoms with Crippen LogP contribution < -0.4 is 9.64 Å². The van der Waals surface area contributed by atoms with Gasteiger partial charge in [-0.05, 0) is 56.1 Å². The Morgan fingerprint density at radius 1 is 0.972 bits per heavy atom. The van der Waals surface area contributed by atoms with Gasteiger partial charge in [0.25, 0.3) is 0 Å². The number of hydrogen-bond donors (Lipinski definition) is 0. The zero-order valence-corrected chi connectivity index (χ0v) is 23.6.